The summed E-state index contributed by atoms with van der Waals surface area (Å²) in [6, 6.07) is 13.4. The number of piperidine rings is 1. The molecule has 1 amide bonds. The van der Waals surface area contributed by atoms with Crippen molar-refractivity contribution >= 4 is 11.6 Å². The van der Waals surface area contributed by atoms with Gasteiger partial charge in [0.25, 0.3) is 5.91 Å². The third-order valence-electron chi connectivity index (χ3n) is 4.73. The molecule has 0 N–H and O–H groups in total. The molecule has 26 heavy (non-hydrogen) atoms. The number of imidazole rings is 1. The SMILES string of the molecule is COc1ccccc1OC1CCN(C(=O)c2cnc3ccccn23)CC1. The van der Waals surface area contributed by atoms with E-state index in [-0.39, 0.29) is 12.0 Å². The second-order valence-corrected chi connectivity index (χ2v) is 6.33. The number of amides is 1. The minimum atomic E-state index is 0.0134. The van der Waals surface area contributed by atoms with Crippen molar-refractivity contribution in [3.63, 3.8) is 0 Å². The van der Waals surface area contributed by atoms with E-state index in [0.29, 0.717) is 18.8 Å². The van der Waals surface area contributed by atoms with E-state index in [1.165, 1.54) is 0 Å². The highest BCUT2D eigenvalue weighted by Gasteiger charge is 2.26. The number of hydrogen-bond donors (Lipinski definition) is 0. The Morgan fingerprint density at radius 2 is 1.81 bits per heavy atom. The van der Waals surface area contributed by atoms with E-state index in [9.17, 15) is 4.79 Å². The van der Waals surface area contributed by atoms with E-state index in [4.69, 9.17) is 9.47 Å². The molecular formula is C20H21N3O3. The monoisotopic (exact) mass is 351 g/mol. The van der Waals surface area contributed by atoms with Gasteiger partial charge in [-0.1, -0.05) is 18.2 Å². The molecule has 0 spiro atoms. The van der Waals surface area contributed by atoms with E-state index in [1.54, 1.807) is 13.3 Å². The molecule has 2 aromatic heterocycles. The molecule has 6 heteroatoms. The molecule has 3 heterocycles. The molecule has 134 valence electrons. The Bertz CT molecular complexity index is 913. The van der Waals surface area contributed by atoms with Gasteiger partial charge in [-0.2, -0.15) is 0 Å². The first-order valence-electron chi connectivity index (χ1n) is 8.77. The molecule has 1 aromatic carbocycles. The lowest BCUT2D eigenvalue weighted by Gasteiger charge is -2.32. The van der Waals surface area contributed by atoms with Gasteiger partial charge >= 0.3 is 0 Å². The van der Waals surface area contributed by atoms with Gasteiger partial charge in [0.2, 0.25) is 0 Å². The Balaban J connectivity index is 1.41. The molecule has 1 fully saturated rings. The van der Waals surface area contributed by atoms with Crippen molar-refractivity contribution in [2.45, 2.75) is 18.9 Å². The number of likely N-dealkylation sites (tertiary alicyclic amines) is 1. The van der Waals surface area contributed by atoms with Crippen molar-refractivity contribution in [1.29, 1.82) is 0 Å². The number of ether oxygens (including phenoxy) is 2. The fraction of sp³-hybridized carbons (Fsp3) is 0.300. The maximum absolute atomic E-state index is 12.8. The molecule has 0 radical (unpaired) electrons. The van der Waals surface area contributed by atoms with Crippen molar-refractivity contribution in [2.24, 2.45) is 0 Å². The number of rotatable bonds is 4. The number of aromatic nitrogens is 2. The van der Waals surface area contributed by atoms with Crippen molar-refractivity contribution in [3.05, 3.63) is 60.6 Å². The Labute approximate surface area is 152 Å². The molecule has 3 aromatic rings. The van der Waals surface area contributed by atoms with Crippen LogP contribution in [0.5, 0.6) is 11.5 Å². The molecular weight excluding hydrogens is 330 g/mol. The van der Waals surface area contributed by atoms with Crippen LogP contribution in [0.2, 0.25) is 0 Å². The lowest BCUT2D eigenvalue weighted by atomic mass is 10.1. The summed E-state index contributed by atoms with van der Waals surface area (Å²) >= 11 is 0. The van der Waals surface area contributed by atoms with Crippen LogP contribution in [0.1, 0.15) is 23.3 Å². The lowest BCUT2D eigenvalue weighted by Crippen LogP contribution is -2.42. The number of benzene rings is 1. The number of hydrogen-bond acceptors (Lipinski definition) is 4. The zero-order chi connectivity index (χ0) is 17.9. The first-order valence-corrected chi connectivity index (χ1v) is 8.77. The number of para-hydroxylation sites is 2. The topological polar surface area (TPSA) is 56.1 Å². The smallest absolute Gasteiger partial charge is 0.272 e. The molecule has 0 unspecified atom stereocenters. The molecule has 1 aliphatic rings. The maximum atomic E-state index is 12.8. The van der Waals surface area contributed by atoms with Crippen LogP contribution in [-0.4, -0.2) is 46.5 Å². The van der Waals surface area contributed by atoms with Crippen molar-refractivity contribution in [1.82, 2.24) is 14.3 Å². The normalized spacial score (nSPS) is 15.2. The van der Waals surface area contributed by atoms with Crippen LogP contribution in [0.3, 0.4) is 0 Å². The van der Waals surface area contributed by atoms with E-state index in [0.717, 1.165) is 30.0 Å². The Morgan fingerprint density at radius 1 is 1.08 bits per heavy atom. The van der Waals surface area contributed by atoms with E-state index < -0.39 is 0 Å². The van der Waals surface area contributed by atoms with Gasteiger partial charge in [-0.25, -0.2) is 4.98 Å². The minimum Gasteiger partial charge on any atom is -0.493 e. The summed E-state index contributed by atoms with van der Waals surface area (Å²) in [5.41, 5.74) is 1.38. The van der Waals surface area contributed by atoms with Gasteiger partial charge in [-0.15, -0.1) is 0 Å². The summed E-state index contributed by atoms with van der Waals surface area (Å²) in [5.74, 6) is 1.50. The Morgan fingerprint density at radius 3 is 2.58 bits per heavy atom. The van der Waals surface area contributed by atoms with Crippen LogP contribution in [0, 0.1) is 0 Å². The molecule has 6 nitrogen and oxygen atoms in total. The van der Waals surface area contributed by atoms with Crippen LogP contribution in [-0.2, 0) is 0 Å². The molecule has 1 saturated heterocycles. The van der Waals surface area contributed by atoms with Crippen LogP contribution in [0.25, 0.3) is 5.65 Å². The highest BCUT2D eigenvalue weighted by atomic mass is 16.5. The van der Waals surface area contributed by atoms with Crippen molar-refractivity contribution in [2.75, 3.05) is 20.2 Å². The zero-order valence-electron chi connectivity index (χ0n) is 14.7. The van der Waals surface area contributed by atoms with Crippen LogP contribution in [0.15, 0.2) is 54.9 Å². The number of pyridine rings is 1. The Hall–Kier alpha value is -3.02. The zero-order valence-corrected chi connectivity index (χ0v) is 14.7. The fourth-order valence-electron chi connectivity index (χ4n) is 3.33. The molecule has 0 aliphatic carbocycles. The van der Waals surface area contributed by atoms with Gasteiger partial charge in [-0.05, 0) is 24.3 Å². The molecule has 1 aliphatic heterocycles. The third kappa shape index (κ3) is 3.10. The standard InChI is InChI=1S/C20H21N3O3/c1-25-17-6-2-3-7-18(17)26-15-9-12-22(13-10-15)20(24)16-14-21-19-8-4-5-11-23(16)19/h2-8,11,14-15H,9-10,12-13H2,1H3. The second-order valence-electron chi connectivity index (χ2n) is 6.33. The molecule has 4 rings (SSSR count). The number of nitrogens with zero attached hydrogens (tertiary/aromatic N) is 3. The molecule has 0 atom stereocenters. The van der Waals surface area contributed by atoms with Crippen molar-refractivity contribution in [3.8, 4) is 11.5 Å². The van der Waals surface area contributed by atoms with E-state index in [1.807, 2.05) is 58.0 Å². The van der Waals surface area contributed by atoms with Gasteiger partial charge in [0.1, 0.15) is 17.4 Å². The molecule has 0 bridgehead atoms. The molecule has 0 saturated carbocycles. The predicted octanol–water partition coefficient (Wildman–Crippen LogP) is 3.03. The average molecular weight is 351 g/mol. The number of methoxy groups -OCH3 is 1. The van der Waals surface area contributed by atoms with Gasteiger partial charge in [-0.3, -0.25) is 9.20 Å². The first kappa shape index (κ1) is 16.4. The average Bonchev–Trinajstić information content (AvgIpc) is 3.12. The van der Waals surface area contributed by atoms with Gasteiger partial charge < -0.3 is 14.4 Å². The lowest BCUT2D eigenvalue weighted by molar-refractivity contribution is 0.0584. The number of carbonyl (C=O) groups excluding carboxylic acids is 1. The van der Waals surface area contributed by atoms with Gasteiger partial charge in [0.15, 0.2) is 11.5 Å². The third-order valence-corrected chi connectivity index (χ3v) is 4.73. The number of carbonyl (C=O) groups is 1. The van der Waals surface area contributed by atoms with Crippen LogP contribution in [0.4, 0.5) is 0 Å². The second kappa shape index (κ2) is 7.07. The number of fused-ring (bicyclic) bond motifs is 1. The highest BCUT2D eigenvalue weighted by Crippen LogP contribution is 2.29. The summed E-state index contributed by atoms with van der Waals surface area (Å²) in [7, 11) is 1.64. The first-order chi connectivity index (χ1) is 12.8. The van der Waals surface area contributed by atoms with E-state index >= 15 is 0 Å². The summed E-state index contributed by atoms with van der Waals surface area (Å²) in [6.45, 7) is 1.33. The largest absolute Gasteiger partial charge is 0.493 e. The summed E-state index contributed by atoms with van der Waals surface area (Å²) in [6.07, 6.45) is 5.18. The minimum absolute atomic E-state index is 0.0134. The van der Waals surface area contributed by atoms with Crippen LogP contribution >= 0.6 is 0 Å². The quantitative estimate of drug-likeness (QED) is 0.725. The van der Waals surface area contributed by atoms with Crippen LogP contribution < -0.4 is 9.47 Å². The summed E-state index contributed by atoms with van der Waals surface area (Å²) in [5, 5.41) is 0. The maximum Gasteiger partial charge on any atom is 0.272 e. The van der Waals surface area contributed by atoms with Gasteiger partial charge in [0, 0.05) is 32.1 Å². The van der Waals surface area contributed by atoms with E-state index in [2.05, 4.69) is 4.98 Å². The summed E-state index contributed by atoms with van der Waals surface area (Å²) in [4.78, 5) is 19.0. The fourth-order valence-corrected chi connectivity index (χ4v) is 3.33. The predicted molar refractivity (Wildman–Crippen MR) is 97.7 cm³/mol. The Kier molecular flexibility index (Phi) is 4.48. The van der Waals surface area contributed by atoms with Gasteiger partial charge in [0.05, 0.1) is 13.3 Å². The summed E-state index contributed by atoms with van der Waals surface area (Å²) < 4.78 is 13.3. The van der Waals surface area contributed by atoms with Crippen molar-refractivity contribution < 1.29 is 14.3 Å². The highest BCUT2D eigenvalue weighted by molar-refractivity contribution is 5.93.